The molecule has 1 aliphatic rings. The molecular weight excluding hydrogens is 356 g/mol. The Hall–Kier alpha value is -2.25. The van der Waals surface area contributed by atoms with Crippen LogP contribution in [0.1, 0.15) is 17.3 Å². The number of benzene rings is 2. The monoisotopic (exact) mass is 372 g/mol. The number of fused-ring (bicyclic) bond motifs is 2. The van der Waals surface area contributed by atoms with E-state index in [0.717, 1.165) is 32.4 Å². The van der Waals surface area contributed by atoms with Crippen LogP contribution < -0.4 is 14.3 Å². The number of nitrogens with zero attached hydrogens (tertiary/aromatic N) is 2. The molecule has 5 nitrogen and oxygen atoms in total. The first-order valence-corrected chi connectivity index (χ1v) is 9.67. The van der Waals surface area contributed by atoms with E-state index in [1.165, 1.54) is 11.3 Å². The summed E-state index contributed by atoms with van der Waals surface area (Å²) in [5, 5.41) is 0. The zero-order valence-corrected chi connectivity index (χ0v) is 15.4. The van der Waals surface area contributed by atoms with Gasteiger partial charge in [-0.15, -0.1) is 11.8 Å². The van der Waals surface area contributed by atoms with E-state index in [4.69, 9.17) is 9.47 Å². The first-order valence-electron chi connectivity index (χ1n) is 7.87. The molecule has 0 atom stereocenters. The molecule has 2 heterocycles. The molecule has 4 rings (SSSR count). The van der Waals surface area contributed by atoms with Crippen molar-refractivity contribution in [2.75, 3.05) is 12.5 Å². The molecule has 0 spiro atoms. The number of thiazole rings is 1. The number of hydrogen-bond donors (Lipinski definition) is 0. The Labute approximate surface area is 152 Å². The van der Waals surface area contributed by atoms with Crippen molar-refractivity contribution in [2.24, 2.45) is 12.0 Å². The van der Waals surface area contributed by atoms with Crippen LogP contribution in [0.3, 0.4) is 0 Å². The zero-order valence-electron chi connectivity index (χ0n) is 13.8. The summed E-state index contributed by atoms with van der Waals surface area (Å²) in [6, 6.07) is 11.5. The lowest BCUT2D eigenvalue weighted by molar-refractivity contribution is 0.0995. The normalized spacial score (nSPS) is 13.6. The summed E-state index contributed by atoms with van der Waals surface area (Å²) in [6.07, 6.45) is 0. The molecule has 2 aromatic carbocycles. The summed E-state index contributed by atoms with van der Waals surface area (Å²) in [5.41, 5.74) is 1.61. The maximum Gasteiger partial charge on any atom is 0.280 e. The summed E-state index contributed by atoms with van der Waals surface area (Å²) in [5.74, 6) is 2.14. The predicted molar refractivity (Wildman–Crippen MR) is 99.7 cm³/mol. The van der Waals surface area contributed by atoms with Crippen molar-refractivity contribution in [2.45, 2.75) is 11.8 Å². The first-order chi connectivity index (χ1) is 12.2. The minimum atomic E-state index is -0.223. The molecule has 7 heteroatoms. The van der Waals surface area contributed by atoms with Crippen molar-refractivity contribution >= 4 is 39.2 Å². The summed E-state index contributed by atoms with van der Waals surface area (Å²) in [4.78, 5) is 18.7. The Kier molecular flexibility index (Phi) is 4.27. The highest BCUT2D eigenvalue weighted by atomic mass is 32.2. The number of carbonyl (C=O) groups excluding carboxylic acids is 1. The fourth-order valence-corrected chi connectivity index (χ4v) is 4.52. The van der Waals surface area contributed by atoms with Crippen LogP contribution in [-0.4, -0.2) is 23.0 Å². The average Bonchev–Trinajstić information content (AvgIpc) is 3.18. The molecule has 128 valence electrons. The number of thioether (sulfide) groups is 1. The van der Waals surface area contributed by atoms with Gasteiger partial charge in [0.05, 0.1) is 15.8 Å². The highest BCUT2D eigenvalue weighted by molar-refractivity contribution is 7.99. The van der Waals surface area contributed by atoms with Crippen molar-refractivity contribution in [1.82, 2.24) is 4.57 Å². The highest BCUT2D eigenvalue weighted by Gasteiger charge is 2.17. The van der Waals surface area contributed by atoms with Gasteiger partial charge in [-0.1, -0.05) is 30.4 Å². The van der Waals surface area contributed by atoms with Gasteiger partial charge in [-0.2, -0.15) is 4.99 Å². The fraction of sp³-hybridized carbons (Fsp3) is 0.222. The fourth-order valence-electron chi connectivity index (χ4n) is 2.70. The number of aromatic nitrogens is 1. The number of hydrogen-bond acceptors (Lipinski definition) is 5. The van der Waals surface area contributed by atoms with Gasteiger partial charge in [0, 0.05) is 24.1 Å². The summed E-state index contributed by atoms with van der Waals surface area (Å²) in [6.45, 7) is 2.32. The number of aryl methyl sites for hydroxylation is 1. The maximum atomic E-state index is 12.7. The van der Waals surface area contributed by atoms with Crippen LogP contribution in [0.4, 0.5) is 0 Å². The SMILES string of the molecule is CCSc1ccccc1C(=O)N=c1sc2cc3c(cc2n1C)OCO3. The van der Waals surface area contributed by atoms with Gasteiger partial charge >= 0.3 is 0 Å². The summed E-state index contributed by atoms with van der Waals surface area (Å²) >= 11 is 3.11. The Bertz CT molecular complexity index is 1040. The van der Waals surface area contributed by atoms with E-state index in [1.54, 1.807) is 11.8 Å². The van der Waals surface area contributed by atoms with E-state index >= 15 is 0 Å². The molecule has 0 radical (unpaired) electrons. The number of ether oxygens (including phenoxy) is 2. The van der Waals surface area contributed by atoms with Crippen LogP contribution in [0.25, 0.3) is 10.2 Å². The second-order valence-electron chi connectivity index (χ2n) is 5.46. The summed E-state index contributed by atoms with van der Waals surface area (Å²) < 4.78 is 13.8. The van der Waals surface area contributed by atoms with Crippen molar-refractivity contribution in [1.29, 1.82) is 0 Å². The maximum absolute atomic E-state index is 12.7. The van der Waals surface area contributed by atoms with Crippen molar-refractivity contribution in [3.8, 4) is 11.5 Å². The van der Waals surface area contributed by atoms with E-state index < -0.39 is 0 Å². The Morgan fingerprint density at radius 1 is 1.28 bits per heavy atom. The molecule has 25 heavy (non-hydrogen) atoms. The lowest BCUT2D eigenvalue weighted by atomic mass is 10.2. The largest absolute Gasteiger partial charge is 0.454 e. The molecule has 0 N–H and O–H groups in total. The molecule has 1 aliphatic heterocycles. The van der Waals surface area contributed by atoms with Crippen molar-refractivity contribution in [3.05, 3.63) is 46.8 Å². The van der Waals surface area contributed by atoms with Crippen LogP contribution >= 0.6 is 23.1 Å². The van der Waals surface area contributed by atoms with E-state index in [2.05, 4.69) is 11.9 Å². The van der Waals surface area contributed by atoms with Gasteiger partial charge in [0.25, 0.3) is 5.91 Å². The number of rotatable bonds is 3. The first kappa shape index (κ1) is 16.2. The summed E-state index contributed by atoms with van der Waals surface area (Å²) in [7, 11) is 1.90. The minimum Gasteiger partial charge on any atom is -0.454 e. The van der Waals surface area contributed by atoms with E-state index in [1.807, 2.05) is 48.0 Å². The van der Waals surface area contributed by atoms with Crippen molar-refractivity contribution < 1.29 is 14.3 Å². The zero-order chi connectivity index (χ0) is 17.4. The Morgan fingerprint density at radius 3 is 2.84 bits per heavy atom. The molecule has 1 aromatic heterocycles. The van der Waals surface area contributed by atoms with Gasteiger partial charge in [0.15, 0.2) is 16.3 Å². The van der Waals surface area contributed by atoms with Gasteiger partial charge in [0.2, 0.25) is 6.79 Å². The molecule has 0 saturated heterocycles. The van der Waals surface area contributed by atoms with Crippen LogP contribution in [0.15, 0.2) is 46.3 Å². The van der Waals surface area contributed by atoms with Crippen LogP contribution in [0, 0.1) is 0 Å². The third kappa shape index (κ3) is 2.94. The molecule has 0 saturated carbocycles. The lowest BCUT2D eigenvalue weighted by Crippen LogP contribution is -2.13. The third-order valence-corrected chi connectivity index (χ3v) is 5.97. The highest BCUT2D eigenvalue weighted by Crippen LogP contribution is 2.36. The van der Waals surface area contributed by atoms with Crippen LogP contribution in [-0.2, 0) is 7.05 Å². The molecule has 0 bridgehead atoms. The molecule has 0 unspecified atom stereocenters. The third-order valence-electron chi connectivity index (χ3n) is 3.92. The average molecular weight is 372 g/mol. The quantitative estimate of drug-likeness (QED) is 0.656. The predicted octanol–water partition coefficient (Wildman–Crippen LogP) is 3.82. The second kappa shape index (κ2) is 6.57. The van der Waals surface area contributed by atoms with E-state index in [-0.39, 0.29) is 12.7 Å². The molecule has 3 aromatic rings. The minimum absolute atomic E-state index is 0.223. The Balaban J connectivity index is 1.79. The topological polar surface area (TPSA) is 52.8 Å². The van der Waals surface area contributed by atoms with Crippen LogP contribution in [0.2, 0.25) is 0 Å². The Morgan fingerprint density at radius 2 is 2.04 bits per heavy atom. The molecule has 0 aliphatic carbocycles. The van der Waals surface area contributed by atoms with Gasteiger partial charge in [-0.25, -0.2) is 0 Å². The van der Waals surface area contributed by atoms with Gasteiger partial charge < -0.3 is 14.0 Å². The number of carbonyl (C=O) groups is 1. The van der Waals surface area contributed by atoms with Gasteiger partial charge in [-0.05, 0) is 17.9 Å². The molecular formula is C18H16N2O3S2. The number of amides is 1. The molecule has 0 fully saturated rings. The van der Waals surface area contributed by atoms with Crippen LogP contribution in [0.5, 0.6) is 11.5 Å². The molecule has 1 amide bonds. The van der Waals surface area contributed by atoms with Gasteiger partial charge in [-0.3, -0.25) is 4.79 Å². The van der Waals surface area contributed by atoms with E-state index in [0.29, 0.717) is 10.4 Å². The second-order valence-corrected chi connectivity index (χ2v) is 7.78. The standard InChI is InChI=1S/C18H16N2O3S2/c1-3-24-15-7-5-4-6-11(15)17(21)19-18-20(2)12-8-13-14(23-10-22-13)9-16(12)25-18/h4-9H,3,10H2,1-2H3. The lowest BCUT2D eigenvalue weighted by Gasteiger charge is -2.03. The van der Waals surface area contributed by atoms with Gasteiger partial charge in [0.1, 0.15) is 0 Å². The smallest absolute Gasteiger partial charge is 0.280 e. The van der Waals surface area contributed by atoms with E-state index in [9.17, 15) is 4.79 Å². The van der Waals surface area contributed by atoms with Crippen molar-refractivity contribution in [3.63, 3.8) is 0 Å².